The Labute approximate surface area is 399 Å². The summed E-state index contributed by atoms with van der Waals surface area (Å²) in [5.41, 5.74) is 13.2. The highest BCUT2D eigenvalue weighted by molar-refractivity contribution is 8.00. The zero-order valence-corrected chi connectivity index (χ0v) is 41.9. The molecule has 0 bridgehead atoms. The van der Waals surface area contributed by atoms with E-state index in [2.05, 4.69) is 196 Å². The summed E-state index contributed by atoms with van der Waals surface area (Å²) in [5, 5.41) is 0. The van der Waals surface area contributed by atoms with E-state index in [0.717, 1.165) is 34.8 Å². The first-order valence-electron chi connectivity index (χ1n) is 25.1. The highest BCUT2D eigenvalue weighted by Crippen LogP contribution is 2.68. The van der Waals surface area contributed by atoms with E-state index in [1.165, 1.54) is 92.0 Å². The van der Waals surface area contributed by atoms with Gasteiger partial charge >= 0.3 is 0 Å². The molecule has 2 heterocycles. The third-order valence-electron chi connectivity index (χ3n) is 18.1. The van der Waals surface area contributed by atoms with Gasteiger partial charge in [-0.3, -0.25) is 0 Å². The SMILES string of the molecule is Cc1ccc(C2CC3C(CC(C)C3[Si](C)(C)C3C(C)CC4C3CC(c3ccc(C)cc3)CC4N3c4ccccc4Sc4ccccc43)C(N3c4ccccc4Sc4ccccc43)C2)cc1. The fourth-order valence-electron chi connectivity index (χ4n) is 16.0. The van der Waals surface area contributed by atoms with Gasteiger partial charge in [-0.05, 0) is 170 Å². The standard InChI is InChI=1S/C60H66N2S2Si/c1-37-23-27-41(28-24-37)43-33-47-45(53(35-43)61-49-15-7-11-19-55(49)63-56-20-12-8-16-50(56)61)31-39(3)59(47)65(5,6)60-40(4)32-46-48(60)34-44(42-29-25-38(2)26-30-42)36-54(46)62-51-17-9-13-21-57(51)64-58-22-14-10-18-52(58)62/h7-30,39-40,43-48,53-54,59-60H,31-36H2,1-6H3. The van der Waals surface area contributed by atoms with Gasteiger partial charge in [0, 0.05) is 31.7 Å². The van der Waals surface area contributed by atoms with Gasteiger partial charge in [0.25, 0.3) is 0 Å². The number of fused-ring (bicyclic) bond motifs is 6. The maximum Gasteiger partial charge on any atom is 0.0555 e. The monoisotopic (exact) mass is 906 g/mol. The summed E-state index contributed by atoms with van der Waals surface area (Å²) in [5.74, 6) is 5.38. The van der Waals surface area contributed by atoms with Crippen LogP contribution in [0, 0.1) is 49.4 Å². The highest BCUT2D eigenvalue weighted by Gasteiger charge is 2.62. The fourth-order valence-corrected chi connectivity index (χ4v) is 24.7. The summed E-state index contributed by atoms with van der Waals surface area (Å²) in [6.45, 7) is 15.8. The predicted molar refractivity (Wildman–Crippen MR) is 279 cm³/mol. The molecular weight excluding hydrogens is 841 g/mol. The second-order valence-corrected chi connectivity index (χ2v) is 29.2. The lowest BCUT2D eigenvalue weighted by Crippen LogP contribution is -2.51. The lowest BCUT2D eigenvalue weighted by atomic mass is 9.69. The summed E-state index contributed by atoms with van der Waals surface area (Å²) in [4.78, 5) is 11.4. The molecule has 0 N–H and O–H groups in total. The van der Waals surface area contributed by atoms with E-state index in [4.69, 9.17) is 0 Å². The number of anilines is 4. The molecule has 0 aromatic heterocycles. The van der Waals surface area contributed by atoms with Crippen molar-refractivity contribution in [1.29, 1.82) is 0 Å². The van der Waals surface area contributed by atoms with Gasteiger partial charge in [-0.15, -0.1) is 0 Å². The zero-order valence-electron chi connectivity index (χ0n) is 39.2. The van der Waals surface area contributed by atoms with E-state index < -0.39 is 8.07 Å². The van der Waals surface area contributed by atoms with E-state index in [-0.39, 0.29) is 0 Å². The van der Waals surface area contributed by atoms with Crippen LogP contribution >= 0.6 is 23.5 Å². The number of aryl methyl sites for hydroxylation is 2. The van der Waals surface area contributed by atoms with Gasteiger partial charge in [0.15, 0.2) is 0 Å². The Morgan fingerprint density at radius 3 is 1.06 bits per heavy atom. The van der Waals surface area contributed by atoms with Crippen molar-refractivity contribution in [2.24, 2.45) is 35.5 Å². The molecule has 332 valence electrons. The van der Waals surface area contributed by atoms with Gasteiger partial charge in [-0.25, -0.2) is 0 Å². The minimum absolute atomic E-state index is 0.469. The van der Waals surface area contributed by atoms with E-state index in [9.17, 15) is 0 Å². The molecule has 4 aliphatic carbocycles. The number of hydrogen-bond donors (Lipinski definition) is 0. The molecular formula is C60H66N2S2Si. The van der Waals surface area contributed by atoms with Crippen LogP contribution in [0.4, 0.5) is 22.7 Å². The molecule has 65 heavy (non-hydrogen) atoms. The number of rotatable bonds is 6. The van der Waals surface area contributed by atoms with Crippen molar-refractivity contribution in [2.45, 2.75) is 134 Å². The molecule has 2 nitrogen and oxygen atoms in total. The Kier molecular flexibility index (Phi) is 10.8. The lowest BCUT2D eigenvalue weighted by Gasteiger charge is -2.53. The topological polar surface area (TPSA) is 6.48 Å². The van der Waals surface area contributed by atoms with Crippen molar-refractivity contribution < 1.29 is 0 Å². The molecule has 6 aliphatic rings. The van der Waals surface area contributed by atoms with Crippen LogP contribution in [-0.2, 0) is 0 Å². The summed E-state index contributed by atoms with van der Waals surface area (Å²) < 4.78 is 0. The third-order valence-corrected chi connectivity index (χ3v) is 25.8. The molecule has 5 heteroatoms. The lowest BCUT2D eigenvalue weighted by molar-refractivity contribution is 0.204. The Balaban J connectivity index is 0.952. The molecule has 6 aromatic rings. The van der Waals surface area contributed by atoms with Crippen molar-refractivity contribution in [3.05, 3.63) is 168 Å². The Morgan fingerprint density at radius 2 is 0.723 bits per heavy atom. The summed E-state index contributed by atoms with van der Waals surface area (Å²) >= 11 is 3.94. The molecule has 12 rings (SSSR count). The Morgan fingerprint density at radius 1 is 0.400 bits per heavy atom. The van der Waals surface area contributed by atoms with Gasteiger partial charge in [0.2, 0.25) is 0 Å². The van der Waals surface area contributed by atoms with Gasteiger partial charge in [0.1, 0.15) is 0 Å². The minimum Gasteiger partial charge on any atom is -0.336 e. The van der Waals surface area contributed by atoms with E-state index in [1.807, 2.05) is 23.5 Å². The molecule has 0 saturated heterocycles. The Hall–Kier alpha value is -4.16. The zero-order chi connectivity index (χ0) is 44.1. The quantitative estimate of drug-likeness (QED) is 0.154. The molecule has 0 amide bonds. The molecule has 6 aromatic carbocycles. The normalized spacial score (nSPS) is 31.3. The maximum atomic E-state index is 2.93. The maximum absolute atomic E-state index is 2.93. The average Bonchev–Trinajstić information content (AvgIpc) is 3.86. The van der Waals surface area contributed by atoms with Crippen LogP contribution in [0.3, 0.4) is 0 Å². The summed E-state index contributed by atoms with van der Waals surface area (Å²) in [6.07, 6.45) is 7.83. The van der Waals surface area contributed by atoms with Crippen LogP contribution in [0.15, 0.2) is 165 Å². The molecule has 4 fully saturated rings. The minimum atomic E-state index is -1.95. The number of nitrogens with zero attached hydrogens (tertiary/aromatic N) is 2. The van der Waals surface area contributed by atoms with Crippen LogP contribution in [-0.4, -0.2) is 20.2 Å². The van der Waals surface area contributed by atoms with Crippen molar-refractivity contribution in [2.75, 3.05) is 9.80 Å². The second-order valence-electron chi connectivity index (χ2n) is 22.1. The number of hydrogen-bond acceptors (Lipinski definition) is 4. The van der Waals surface area contributed by atoms with E-state index in [1.54, 1.807) is 11.1 Å². The Bertz CT molecular complexity index is 2440. The smallest absolute Gasteiger partial charge is 0.0555 e. The largest absolute Gasteiger partial charge is 0.336 e. The van der Waals surface area contributed by atoms with Crippen LogP contribution < -0.4 is 9.80 Å². The van der Waals surface area contributed by atoms with E-state index >= 15 is 0 Å². The van der Waals surface area contributed by atoms with Crippen molar-refractivity contribution in [3.8, 4) is 0 Å². The first kappa shape index (κ1) is 42.2. The fraction of sp³-hybridized carbons (Fsp3) is 0.400. The molecule has 0 spiro atoms. The van der Waals surface area contributed by atoms with Crippen LogP contribution in [0.1, 0.15) is 86.5 Å². The number of para-hydroxylation sites is 4. The molecule has 12 unspecified atom stereocenters. The first-order chi connectivity index (χ1) is 31.6. The van der Waals surface area contributed by atoms with Crippen LogP contribution in [0.25, 0.3) is 0 Å². The highest BCUT2D eigenvalue weighted by atomic mass is 32.2. The van der Waals surface area contributed by atoms with Gasteiger partial charge < -0.3 is 9.80 Å². The third kappa shape index (κ3) is 7.11. The van der Waals surface area contributed by atoms with Gasteiger partial charge in [-0.1, -0.05) is 159 Å². The van der Waals surface area contributed by atoms with Gasteiger partial charge in [-0.2, -0.15) is 0 Å². The number of benzene rings is 6. The molecule has 12 atom stereocenters. The summed E-state index contributed by atoms with van der Waals surface area (Å²) in [6, 6.07) is 57.8. The van der Waals surface area contributed by atoms with Gasteiger partial charge in [0.05, 0.1) is 30.8 Å². The van der Waals surface area contributed by atoms with Crippen molar-refractivity contribution in [1.82, 2.24) is 0 Å². The second kappa shape index (κ2) is 16.6. The van der Waals surface area contributed by atoms with E-state index in [0.29, 0.717) is 35.8 Å². The summed E-state index contributed by atoms with van der Waals surface area (Å²) in [7, 11) is -1.95. The van der Waals surface area contributed by atoms with Crippen molar-refractivity contribution >= 4 is 54.3 Å². The average molecular weight is 907 g/mol. The molecule has 4 saturated carbocycles. The van der Waals surface area contributed by atoms with Crippen LogP contribution in [0.5, 0.6) is 0 Å². The molecule has 2 aliphatic heterocycles. The van der Waals surface area contributed by atoms with Crippen LogP contribution in [0.2, 0.25) is 24.2 Å². The predicted octanol–water partition coefficient (Wildman–Crippen LogP) is 17.1. The molecule has 0 radical (unpaired) electrons. The van der Waals surface area contributed by atoms with Crippen molar-refractivity contribution in [3.63, 3.8) is 0 Å². The first-order valence-corrected chi connectivity index (χ1v) is 29.8.